The maximum absolute atomic E-state index is 12.5. The highest BCUT2D eigenvalue weighted by Gasteiger charge is 2.23. The number of aromatic nitrogens is 4. The molecule has 1 aliphatic carbocycles. The summed E-state index contributed by atoms with van der Waals surface area (Å²) >= 11 is 1.75. The van der Waals surface area contributed by atoms with Gasteiger partial charge in [-0.15, -0.1) is 16.4 Å². The summed E-state index contributed by atoms with van der Waals surface area (Å²) < 4.78 is 6.92. The quantitative estimate of drug-likeness (QED) is 0.601. The molecule has 4 aromatic rings. The summed E-state index contributed by atoms with van der Waals surface area (Å²) in [5, 5.41) is 8.26. The lowest BCUT2D eigenvalue weighted by Crippen LogP contribution is -2.23. The van der Waals surface area contributed by atoms with Crippen LogP contribution in [0.15, 0.2) is 22.8 Å². The third-order valence-corrected chi connectivity index (χ3v) is 5.95. The lowest BCUT2D eigenvalue weighted by Gasteiger charge is -2.10. The smallest absolute Gasteiger partial charge is 0.291 e. The molecule has 0 fully saturated rings. The van der Waals surface area contributed by atoms with Gasteiger partial charge in [0.2, 0.25) is 5.82 Å². The van der Waals surface area contributed by atoms with Crippen LogP contribution in [0.4, 0.5) is 0 Å². The van der Waals surface area contributed by atoms with Crippen molar-refractivity contribution in [3.05, 3.63) is 46.2 Å². The Labute approximate surface area is 153 Å². The molecule has 1 amide bonds. The van der Waals surface area contributed by atoms with Crippen LogP contribution in [0.2, 0.25) is 0 Å². The molecule has 0 saturated heterocycles. The van der Waals surface area contributed by atoms with E-state index in [1.165, 1.54) is 23.3 Å². The van der Waals surface area contributed by atoms with Crippen molar-refractivity contribution in [1.29, 1.82) is 0 Å². The second-order valence-corrected chi connectivity index (χ2v) is 7.57. The summed E-state index contributed by atoms with van der Waals surface area (Å²) in [7, 11) is 0. The molecule has 1 N–H and O–H groups in total. The summed E-state index contributed by atoms with van der Waals surface area (Å²) in [6, 6.07) is 3.60. The van der Waals surface area contributed by atoms with Gasteiger partial charge < -0.3 is 9.73 Å². The molecule has 26 heavy (non-hydrogen) atoms. The second-order valence-electron chi connectivity index (χ2n) is 6.48. The molecule has 7 nitrogen and oxygen atoms in total. The van der Waals surface area contributed by atoms with Gasteiger partial charge >= 0.3 is 0 Å². The van der Waals surface area contributed by atoms with Gasteiger partial charge in [0.05, 0.1) is 18.2 Å². The van der Waals surface area contributed by atoms with Crippen LogP contribution in [-0.4, -0.2) is 25.5 Å². The van der Waals surface area contributed by atoms with Gasteiger partial charge in [-0.3, -0.25) is 4.79 Å². The first-order valence-corrected chi connectivity index (χ1v) is 9.50. The zero-order valence-corrected chi connectivity index (χ0v) is 15.1. The molecule has 4 aromatic heterocycles. The fraction of sp³-hybridized carbons (Fsp3) is 0.333. The number of carbonyl (C=O) groups is 1. The van der Waals surface area contributed by atoms with Crippen LogP contribution in [0.1, 0.15) is 45.5 Å². The van der Waals surface area contributed by atoms with Gasteiger partial charge in [0.1, 0.15) is 16.4 Å². The fourth-order valence-corrected chi connectivity index (χ4v) is 4.81. The maximum Gasteiger partial charge on any atom is 0.291 e. The Bertz CT molecular complexity index is 1130. The number of thiophene rings is 1. The van der Waals surface area contributed by atoms with Crippen molar-refractivity contribution in [2.75, 3.05) is 0 Å². The second kappa shape index (κ2) is 5.91. The molecule has 0 spiro atoms. The van der Waals surface area contributed by atoms with Crippen molar-refractivity contribution >= 4 is 33.1 Å². The Morgan fingerprint density at radius 1 is 1.35 bits per heavy atom. The third-order valence-electron chi connectivity index (χ3n) is 4.76. The van der Waals surface area contributed by atoms with Gasteiger partial charge in [-0.05, 0) is 50.3 Å². The van der Waals surface area contributed by atoms with Gasteiger partial charge in [-0.25, -0.2) is 9.97 Å². The average molecular weight is 367 g/mol. The van der Waals surface area contributed by atoms with Crippen molar-refractivity contribution in [3.8, 4) is 0 Å². The molecule has 0 atom stereocenters. The molecule has 0 aliphatic heterocycles. The first kappa shape index (κ1) is 15.5. The first-order valence-electron chi connectivity index (χ1n) is 8.69. The van der Waals surface area contributed by atoms with E-state index in [1.807, 2.05) is 13.0 Å². The number of aryl methyl sites for hydroxylation is 3. The normalized spacial score (nSPS) is 14.0. The Hall–Kier alpha value is -2.74. The van der Waals surface area contributed by atoms with E-state index in [4.69, 9.17) is 9.40 Å². The molecule has 8 heteroatoms. The Balaban J connectivity index is 1.57. The number of hydrogen-bond donors (Lipinski definition) is 1. The van der Waals surface area contributed by atoms with E-state index >= 15 is 0 Å². The monoisotopic (exact) mass is 367 g/mol. The molecule has 0 aromatic carbocycles. The Morgan fingerprint density at radius 3 is 3.08 bits per heavy atom. The molecule has 132 valence electrons. The van der Waals surface area contributed by atoms with Crippen molar-refractivity contribution < 1.29 is 9.21 Å². The number of hydrogen-bond acceptors (Lipinski definition) is 6. The summed E-state index contributed by atoms with van der Waals surface area (Å²) in [4.78, 5) is 24.1. The zero-order valence-electron chi connectivity index (χ0n) is 14.3. The van der Waals surface area contributed by atoms with Crippen LogP contribution in [-0.2, 0) is 19.4 Å². The fourth-order valence-electron chi connectivity index (χ4n) is 3.51. The van der Waals surface area contributed by atoms with Crippen LogP contribution >= 0.6 is 11.3 Å². The predicted molar refractivity (Wildman–Crippen MR) is 97.4 cm³/mol. The molecule has 0 saturated carbocycles. The van der Waals surface area contributed by atoms with Crippen LogP contribution < -0.4 is 5.32 Å². The van der Waals surface area contributed by atoms with Crippen molar-refractivity contribution in [1.82, 2.24) is 24.9 Å². The van der Waals surface area contributed by atoms with E-state index in [9.17, 15) is 4.79 Å². The number of nitrogens with zero attached hydrogens (tertiary/aromatic N) is 4. The summed E-state index contributed by atoms with van der Waals surface area (Å²) in [6.07, 6.45) is 6.14. The first-order chi connectivity index (χ1) is 12.7. The molecular formula is C18H17N5O2S. The van der Waals surface area contributed by atoms with Gasteiger partial charge in [0.25, 0.3) is 5.91 Å². The van der Waals surface area contributed by atoms with Crippen LogP contribution in [0, 0.1) is 6.92 Å². The highest BCUT2D eigenvalue weighted by Crippen LogP contribution is 2.37. The van der Waals surface area contributed by atoms with E-state index in [1.54, 1.807) is 28.2 Å². The summed E-state index contributed by atoms with van der Waals surface area (Å²) in [5.74, 6) is 1.27. The number of rotatable bonds is 3. The number of fused-ring (bicyclic) bond motifs is 5. The lowest BCUT2D eigenvalue weighted by molar-refractivity contribution is 0.0938. The van der Waals surface area contributed by atoms with Crippen molar-refractivity contribution in [3.63, 3.8) is 0 Å². The highest BCUT2D eigenvalue weighted by atomic mass is 32.1. The minimum atomic E-state index is -0.318. The summed E-state index contributed by atoms with van der Waals surface area (Å²) in [6.45, 7) is 2.20. The van der Waals surface area contributed by atoms with Gasteiger partial charge in [0.15, 0.2) is 5.65 Å². The molecule has 4 heterocycles. The van der Waals surface area contributed by atoms with E-state index in [0.29, 0.717) is 12.3 Å². The lowest BCUT2D eigenvalue weighted by atomic mass is 9.97. The van der Waals surface area contributed by atoms with Crippen LogP contribution in [0.5, 0.6) is 0 Å². The Kier molecular flexibility index (Phi) is 3.53. The van der Waals surface area contributed by atoms with Gasteiger partial charge in [-0.2, -0.15) is 4.52 Å². The SMILES string of the molecule is Cc1nc2sc3c(c2c2nc(C(=O)NCc4ccco4)nn12)CCCC3. The van der Waals surface area contributed by atoms with E-state index in [2.05, 4.69) is 15.4 Å². The van der Waals surface area contributed by atoms with E-state index in [-0.39, 0.29) is 11.7 Å². The van der Waals surface area contributed by atoms with Crippen LogP contribution in [0.3, 0.4) is 0 Å². The zero-order chi connectivity index (χ0) is 17.7. The molecule has 5 rings (SSSR count). The van der Waals surface area contributed by atoms with Gasteiger partial charge in [-0.1, -0.05) is 0 Å². The molecule has 0 unspecified atom stereocenters. The molecule has 1 aliphatic rings. The predicted octanol–water partition coefficient (Wildman–Crippen LogP) is 3.05. The van der Waals surface area contributed by atoms with E-state index in [0.717, 1.165) is 34.5 Å². The average Bonchev–Trinajstić information content (AvgIpc) is 3.36. The van der Waals surface area contributed by atoms with Crippen LogP contribution in [0.25, 0.3) is 15.9 Å². The maximum atomic E-state index is 12.5. The highest BCUT2D eigenvalue weighted by molar-refractivity contribution is 7.19. The standard InChI is InChI=1S/C18H17N5O2S/c1-10-20-18-14(12-6-2-3-7-13(12)26-18)16-21-15(22-23(10)16)17(24)19-9-11-5-4-8-25-11/h4-5,8H,2-3,6-7,9H2,1H3,(H,19,24). The van der Waals surface area contributed by atoms with E-state index < -0.39 is 0 Å². The molecule has 0 bridgehead atoms. The number of amides is 1. The minimum absolute atomic E-state index is 0.157. The largest absolute Gasteiger partial charge is 0.467 e. The Morgan fingerprint density at radius 2 is 2.23 bits per heavy atom. The van der Waals surface area contributed by atoms with Crippen molar-refractivity contribution in [2.24, 2.45) is 0 Å². The topological polar surface area (TPSA) is 85.3 Å². The third kappa shape index (κ3) is 2.40. The molecule has 0 radical (unpaired) electrons. The number of carbonyl (C=O) groups excluding carboxylic acids is 1. The van der Waals surface area contributed by atoms with Crippen molar-refractivity contribution in [2.45, 2.75) is 39.2 Å². The minimum Gasteiger partial charge on any atom is -0.467 e. The molecular weight excluding hydrogens is 350 g/mol. The number of nitrogens with one attached hydrogen (secondary N) is 1. The number of furan rings is 1. The summed E-state index contributed by atoms with van der Waals surface area (Å²) in [5.41, 5.74) is 2.07. The van der Waals surface area contributed by atoms with Gasteiger partial charge in [0, 0.05) is 4.88 Å².